The number of benzene rings is 4. The minimum atomic E-state index is 0. The third-order valence-electron chi connectivity index (χ3n) is 15.0. The van der Waals surface area contributed by atoms with Gasteiger partial charge in [-0.3, -0.25) is 0 Å². The number of hydrogen-bond acceptors (Lipinski definition) is 0. The Hall–Kier alpha value is -2.22. The molecule has 0 nitrogen and oxygen atoms in total. The fraction of sp³-hybridized carbons (Fsp3) is 0.500. The zero-order chi connectivity index (χ0) is 43.8. The minimum Gasteiger partial charge on any atom is -1.00 e. The Morgan fingerprint density at radius 1 is 0.469 bits per heavy atom. The van der Waals surface area contributed by atoms with Gasteiger partial charge in [0.1, 0.15) is 0 Å². The summed E-state index contributed by atoms with van der Waals surface area (Å²) in [5.41, 5.74) is 12.6. The minimum absolute atomic E-state index is 0. The molecule has 0 unspecified atom stereocenters. The molecule has 0 heterocycles. The van der Waals surface area contributed by atoms with Crippen LogP contribution in [-0.2, 0) is 49.0 Å². The van der Waals surface area contributed by atoms with Crippen molar-refractivity contribution in [2.24, 2.45) is 10.8 Å². The van der Waals surface area contributed by atoms with Crippen LogP contribution in [0.3, 0.4) is 0 Å². The van der Waals surface area contributed by atoms with Crippen molar-refractivity contribution in [3.05, 3.63) is 131 Å². The summed E-state index contributed by atoms with van der Waals surface area (Å²) in [6.07, 6.45) is 30.2. The predicted octanol–water partition coefficient (Wildman–Crippen LogP) is 12.5. The largest absolute Gasteiger partial charge is 1.00 e. The second-order valence-corrected chi connectivity index (χ2v) is 29.1. The van der Waals surface area contributed by atoms with Crippen molar-refractivity contribution < 1.29 is 48.1 Å². The first kappa shape index (κ1) is 54.4. The maximum absolute atomic E-state index is 2.50. The molecule has 0 radical (unpaired) electrons. The summed E-state index contributed by atoms with van der Waals surface area (Å²) in [4.78, 5) is 0. The van der Waals surface area contributed by atoms with Crippen LogP contribution < -0.4 is 24.8 Å². The monoisotopic (exact) mass is 988 g/mol. The van der Waals surface area contributed by atoms with Crippen molar-refractivity contribution in [2.45, 2.75) is 182 Å². The SMILES string of the molecule is CCc1ccc(-c2cccc3[cH-]c(CC4(CC)CCCCCCCC4)cc23)cc1.CCc1ccc(-c2cccc3[cH-]c(CC4(CC)CCCCCCCC4)cc23)cc1.C[Si](C)=[Zr+2].[Cl-].[Cl-]. The van der Waals surface area contributed by atoms with Crippen molar-refractivity contribution in [1.82, 2.24) is 0 Å². The third-order valence-corrected chi connectivity index (χ3v) is 15.0. The van der Waals surface area contributed by atoms with Crippen LogP contribution in [0.1, 0.15) is 166 Å². The van der Waals surface area contributed by atoms with Crippen molar-refractivity contribution in [3.63, 3.8) is 0 Å². The van der Waals surface area contributed by atoms with Gasteiger partial charge in [-0.15, -0.1) is 69.1 Å². The van der Waals surface area contributed by atoms with E-state index in [1.54, 1.807) is 34.5 Å². The number of aryl methyl sites for hydroxylation is 2. The van der Waals surface area contributed by atoms with Crippen molar-refractivity contribution in [1.29, 1.82) is 0 Å². The molecule has 8 rings (SSSR count). The molecule has 0 aliphatic heterocycles. The van der Waals surface area contributed by atoms with Crippen LogP contribution in [0.25, 0.3) is 43.8 Å². The molecule has 2 aliphatic carbocycles. The molecular formula is C60H80Cl2SiZr-2. The summed E-state index contributed by atoms with van der Waals surface area (Å²) in [7, 11) is 0. The average molecular weight is 992 g/mol. The van der Waals surface area contributed by atoms with Gasteiger partial charge in [-0.2, -0.15) is 12.1 Å². The molecular weight excluding hydrogens is 911 g/mol. The van der Waals surface area contributed by atoms with E-state index in [4.69, 9.17) is 0 Å². The fourth-order valence-corrected chi connectivity index (χ4v) is 11.0. The van der Waals surface area contributed by atoms with Gasteiger partial charge in [0.05, 0.1) is 0 Å². The van der Waals surface area contributed by atoms with E-state index in [0.717, 1.165) is 12.8 Å². The van der Waals surface area contributed by atoms with Crippen molar-refractivity contribution >= 4 is 27.0 Å². The maximum Gasteiger partial charge on any atom is -1.00 e. The first-order valence-corrected chi connectivity index (χ1v) is 31.4. The molecule has 64 heavy (non-hydrogen) atoms. The van der Waals surface area contributed by atoms with Gasteiger partial charge in [-0.05, 0) is 84.5 Å². The second kappa shape index (κ2) is 27.6. The van der Waals surface area contributed by atoms with Gasteiger partial charge < -0.3 is 24.8 Å². The molecule has 344 valence electrons. The van der Waals surface area contributed by atoms with Gasteiger partial charge in [0.2, 0.25) is 0 Å². The quantitative estimate of drug-likeness (QED) is 0.0948. The van der Waals surface area contributed by atoms with Crippen LogP contribution in [0.5, 0.6) is 0 Å². The molecule has 4 heteroatoms. The van der Waals surface area contributed by atoms with Crippen molar-refractivity contribution in [2.75, 3.05) is 0 Å². The summed E-state index contributed by atoms with van der Waals surface area (Å²) in [5, 5.41) is 5.68. The summed E-state index contributed by atoms with van der Waals surface area (Å²) < 4.78 is 0. The van der Waals surface area contributed by atoms with Gasteiger partial charge in [0.15, 0.2) is 0 Å². The molecule has 0 bridgehead atoms. The topological polar surface area (TPSA) is 0 Å². The van der Waals surface area contributed by atoms with E-state index < -0.39 is 0 Å². The Morgan fingerprint density at radius 2 is 0.781 bits per heavy atom. The molecule has 2 saturated carbocycles. The Balaban J connectivity index is 0.000000252. The van der Waals surface area contributed by atoms with E-state index in [1.165, 1.54) is 183 Å². The van der Waals surface area contributed by atoms with Crippen LogP contribution in [0, 0.1) is 10.8 Å². The van der Waals surface area contributed by atoms with Gasteiger partial charge in [-0.25, -0.2) is 0 Å². The van der Waals surface area contributed by atoms with Gasteiger partial charge in [0, 0.05) is 0 Å². The average Bonchev–Trinajstić information content (AvgIpc) is 3.95. The number of fused-ring (bicyclic) bond motifs is 2. The normalized spacial score (nSPS) is 16.4. The Morgan fingerprint density at radius 3 is 1.08 bits per heavy atom. The summed E-state index contributed by atoms with van der Waals surface area (Å²) >= 11 is 1.74. The molecule has 6 aromatic rings. The summed E-state index contributed by atoms with van der Waals surface area (Å²) in [6.45, 7) is 13.9. The molecule has 2 aliphatic rings. The van der Waals surface area contributed by atoms with Crippen LogP contribution in [-0.4, -0.2) is 5.43 Å². The third kappa shape index (κ3) is 15.4. The first-order chi connectivity index (χ1) is 30.2. The molecule has 0 N–H and O–H groups in total. The molecule has 0 saturated heterocycles. The molecule has 0 atom stereocenters. The van der Waals surface area contributed by atoms with Crippen LogP contribution in [0.15, 0.2) is 109 Å². The smallest absolute Gasteiger partial charge is 1.00 e. The zero-order valence-electron chi connectivity index (χ0n) is 40.7. The van der Waals surface area contributed by atoms with Gasteiger partial charge >= 0.3 is 41.9 Å². The molecule has 2 fully saturated rings. The fourth-order valence-electron chi connectivity index (χ4n) is 11.0. The number of rotatable bonds is 10. The van der Waals surface area contributed by atoms with Crippen LogP contribution >= 0.6 is 0 Å². The Labute approximate surface area is 418 Å². The molecule has 6 aromatic carbocycles. The van der Waals surface area contributed by atoms with Gasteiger partial charge in [-0.1, -0.05) is 189 Å². The van der Waals surface area contributed by atoms with Gasteiger partial charge in [0.25, 0.3) is 0 Å². The van der Waals surface area contributed by atoms with Crippen molar-refractivity contribution in [3.8, 4) is 22.3 Å². The molecule has 0 spiro atoms. The van der Waals surface area contributed by atoms with Crippen LogP contribution in [0.4, 0.5) is 0 Å². The predicted molar refractivity (Wildman–Crippen MR) is 273 cm³/mol. The molecule has 0 amide bonds. The zero-order valence-corrected chi connectivity index (χ0v) is 45.7. The van der Waals surface area contributed by atoms with E-state index in [2.05, 4.69) is 150 Å². The standard InChI is InChI=1S/2C29H37.C2H6Si.2ClH.Zr/c2*1-3-23-14-16-25(17-15-23)27-13-11-12-26-20-24(21-28(26)27)22-29(4-2)18-9-7-5-6-8-10-19-29;1-3-2;;;/h2*11-17,20-21H,3-10,18-19,22H2,1-2H3;1-2H3;2*1H;/q2*-1;;;;+2/p-2. The number of hydrogen-bond donors (Lipinski definition) is 0. The Kier molecular flexibility index (Phi) is 23.4. The molecule has 0 aromatic heterocycles. The van der Waals surface area contributed by atoms with E-state index in [0.29, 0.717) is 10.8 Å². The van der Waals surface area contributed by atoms with E-state index in [9.17, 15) is 0 Å². The van der Waals surface area contributed by atoms with Crippen LogP contribution in [0.2, 0.25) is 13.1 Å². The second-order valence-electron chi connectivity index (χ2n) is 19.7. The van der Waals surface area contributed by atoms with E-state index in [1.807, 2.05) is 0 Å². The Bertz CT molecular complexity index is 2080. The first-order valence-electron chi connectivity index (χ1n) is 25.3. The van der Waals surface area contributed by atoms with E-state index >= 15 is 0 Å². The number of halogens is 2. The summed E-state index contributed by atoms with van der Waals surface area (Å²) in [6, 6.07) is 41.9. The summed E-state index contributed by atoms with van der Waals surface area (Å²) in [5.74, 6) is 0. The van der Waals surface area contributed by atoms with E-state index in [-0.39, 0.29) is 30.2 Å². The maximum atomic E-state index is 2.50.